The van der Waals surface area contributed by atoms with Gasteiger partial charge in [0.25, 0.3) is 0 Å². The Morgan fingerprint density at radius 3 is 2.12 bits per heavy atom. The van der Waals surface area contributed by atoms with Gasteiger partial charge in [-0.05, 0) is 62.3 Å². The molecule has 0 aliphatic carbocycles. The predicted octanol–water partition coefficient (Wildman–Crippen LogP) is 3.03. The monoisotopic (exact) mass is 493 g/mol. The summed E-state index contributed by atoms with van der Waals surface area (Å²) in [5, 5.41) is 3.02. The number of sulfonamides is 1. The van der Waals surface area contributed by atoms with Crippen molar-refractivity contribution in [3.8, 4) is 5.75 Å². The molecule has 0 spiro atoms. The maximum atomic E-state index is 13.2. The van der Waals surface area contributed by atoms with Gasteiger partial charge in [-0.1, -0.05) is 26.7 Å². The molecular weight excluding hydrogens is 454 g/mol. The molecule has 2 saturated heterocycles. The van der Waals surface area contributed by atoms with Crippen LogP contribution in [0.4, 0.5) is 0 Å². The number of piperidine rings is 1. The van der Waals surface area contributed by atoms with Gasteiger partial charge in [0.1, 0.15) is 11.8 Å². The number of carbonyl (C=O) groups excluding carboxylic acids is 2. The minimum atomic E-state index is -3.62. The predicted molar refractivity (Wildman–Crippen MR) is 131 cm³/mol. The van der Waals surface area contributed by atoms with Gasteiger partial charge < -0.3 is 15.0 Å². The van der Waals surface area contributed by atoms with Crippen LogP contribution in [0.3, 0.4) is 0 Å². The van der Waals surface area contributed by atoms with Crippen LogP contribution in [0.15, 0.2) is 29.2 Å². The molecule has 0 saturated carbocycles. The summed E-state index contributed by atoms with van der Waals surface area (Å²) in [6.07, 6.45) is 5.78. The number of methoxy groups -OCH3 is 1. The molecule has 3 rings (SSSR count). The molecule has 34 heavy (non-hydrogen) atoms. The van der Waals surface area contributed by atoms with Crippen LogP contribution < -0.4 is 10.1 Å². The van der Waals surface area contributed by atoms with E-state index < -0.39 is 16.1 Å². The van der Waals surface area contributed by atoms with Crippen molar-refractivity contribution < 1.29 is 22.7 Å². The van der Waals surface area contributed by atoms with Crippen molar-refractivity contribution in [2.75, 3.05) is 33.3 Å². The number of benzene rings is 1. The molecule has 2 heterocycles. The summed E-state index contributed by atoms with van der Waals surface area (Å²) in [6.45, 7) is 6.17. The Balaban J connectivity index is 1.59. The number of hydrogen-bond acceptors (Lipinski definition) is 5. The van der Waals surface area contributed by atoms with E-state index in [0.717, 1.165) is 38.8 Å². The van der Waals surface area contributed by atoms with Gasteiger partial charge in [0.15, 0.2) is 0 Å². The van der Waals surface area contributed by atoms with Crippen LogP contribution in [0.25, 0.3) is 0 Å². The summed E-state index contributed by atoms with van der Waals surface area (Å²) in [6, 6.07) is 5.81. The molecule has 1 aromatic carbocycles. The van der Waals surface area contributed by atoms with Gasteiger partial charge in [-0.25, -0.2) is 8.42 Å². The highest BCUT2D eigenvalue weighted by molar-refractivity contribution is 7.89. The van der Waals surface area contributed by atoms with Crippen LogP contribution in [0.5, 0.6) is 5.75 Å². The molecule has 0 radical (unpaired) electrons. The number of carbonyl (C=O) groups is 2. The van der Waals surface area contributed by atoms with Crippen molar-refractivity contribution >= 4 is 21.8 Å². The molecule has 0 bridgehead atoms. The largest absolute Gasteiger partial charge is 0.497 e. The molecule has 0 aromatic heterocycles. The highest BCUT2D eigenvalue weighted by Crippen LogP contribution is 2.26. The van der Waals surface area contributed by atoms with Gasteiger partial charge >= 0.3 is 0 Å². The lowest BCUT2D eigenvalue weighted by molar-refractivity contribution is -0.138. The van der Waals surface area contributed by atoms with Gasteiger partial charge in [-0.15, -0.1) is 0 Å². The maximum Gasteiger partial charge on any atom is 0.245 e. The number of rotatable bonds is 8. The molecule has 2 amide bonds. The van der Waals surface area contributed by atoms with Crippen LogP contribution >= 0.6 is 0 Å². The SMILES string of the molecule is COc1ccc(S(=O)(=O)N2CCC(C(=O)N[C@@H](CC(C)C)C(=O)N3CCCCCC3)CC2)cc1. The fourth-order valence-corrected chi connectivity index (χ4v) is 6.22. The van der Waals surface area contributed by atoms with Gasteiger partial charge in [0, 0.05) is 32.1 Å². The van der Waals surface area contributed by atoms with E-state index in [4.69, 9.17) is 4.74 Å². The Bertz CT molecular complexity index is 916. The normalized spacial score (nSPS) is 19.5. The fourth-order valence-electron chi connectivity index (χ4n) is 4.75. The second-order valence-corrected chi connectivity index (χ2v) is 11.7. The summed E-state index contributed by atoms with van der Waals surface area (Å²) < 4.78 is 32.5. The molecule has 1 N–H and O–H groups in total. The van der Waals surface area contributed by atoms with Gasteiger partial charge in [-0.3, -0.25) is 9.59 Å². The summed E-state index contributed by atoms with van der Waals surface area (Å²) >= 11 is 0. The van der Waals surface area contributed by atoms with Crippen molar-refractivity contribution in [1.29, 1.82) is 0 Å². The minimum absolute atomic E-state index is 0.0171. The van der Waals surface area contributed by atoms with Crippen LogP contribution in [0, 0.1) is 11.8 Å². The highest BCUT2D eigenvalue weighted by Gasteiger charge is 2.34. The molecule has 2 aliphatic rings. The average molecular weight is 494 g/mol. The van der Waals surface area contributed by atoms with Crippen LogP contribution in [0.2, 0.25) is 0 Å². The molecule has 190 valence electrons. The Morgan fingerprint density at radius 2 is 1.59 bits per heavy atom. The zero-order valence-electron chi connectivity index (χ0n) is 20.7. The lowest BCUT2D eigenvalue weighted by atomic mass is 9.95. The third kappa shape index (κ3) is 6.72. The maximum absolute atomic E-state index is 13.2. The smallest absolute Gasteiger partial charge is 0.245 e. The van der Waals surface area contributed by atoms with E-state index in [-0.39, 0.29) is 41.6 Å². The molecule has 1 atom stereocenters. The number of nitrogens with zero attached hydrogens (tertiary/aromatic N) is 2. The second-order valence-electron chi connectivity index (χ2n) is 9.78. The first-order valence-electron chi connectivity index (χ1n) is 12.5. The van der Waals surface area contributed by atoms with E-state index in [9.17, 15) is 18.0 Å². The van der Waals surface area contributed by atoms with E-state index in [1.807, 2.05) is 4.90 Å². The first-order chi connectivity index (χ1) is 16.2. The zero-order valence-corrected chi connectivity index (χ0v) is 21.5. The van der Waals surface area contributed by atoms with Crippen molar-refractivity contribution in [3.63, 3.8) is 0 Å². The molecule has 1 aromatic rings. The lowest BCUT2D eigenvalue weighted by Gasteiger charge is -2.32. The summed E-state index contributed by atoms with van der Waals surface area (Å²) in [5.74, 6) is 0.449. The molecule has 2 fully saturated rings. The lowest BCUT2D eigenvalue weighted by Crippen LogP contribution is -2.52. The number of amides is 2. The summed E-state index contributed by atoms with van der Waals surface area (Å²) in [5.41, 5.74) is 0. The number of ether oxygens (including phenoxy) is 1. The molecule has 0 unspecified atom stereocenters. The Morgan fingerprint density at radius 1 is 1.00 bits per heavy atom. The summed E-state index contributed by atoms with van der Waals surface area (Å²) in [4.78, 5) is 28.4. The van der Waals surface area contributed by atoms with Crippen LogP contribution in [-0.4, -0.2) is 68.8 Å². The second kappa shape index (κ2) is 12.0. The minimum Gasteiger partial charge on any atom is -0.497 e. The number of hydrogen-bond donors (Lipinski definition) is 1. The first kappa shape index (κ1) is 26.5. The van der Waals surface area contributed by atoms with Crippen LogP contribution in [0.1, 0.15) is 58.8 Å². The van der Waals surface area contributed by atoms with E-state index in [1.165, 1.54) is 23.5 Å². The van der Waals surface area contributed by atoms with E-state index in [2.05, 4.69) is 19.2 Å². The molecule has 2 aliphatic heterocycles. The third-order valence-corrected chi connectivity index (χ3v) is 8.67. The van der Waals surface area contributed by atoms with Crippen molar-refractivity contribution in [1.82, 2.24) is 14.5 Å². The highest BCUT2D eigenvalue weighted by atomic mass is 32.2. The number of nitrogens with one attached hydrogen (secondary N) is 1. The van der Waals surface area contributed by atoms with E-state index in [1.54, 1.807) is 12.1 Å². The Kier molecular flexibility index (Phi) is 9.36. The Hall–Kier alpha value is -2.13. The first-order valence-corrected chi connectivity index (χ1v) is 13.9. The molecular formula is C25H39N3O5S. The van der Waals surface area contributed by atoms with Gasteiger partial charge in [0.05, 0.1) is 12.0 Å². The average Bonchev–Trinajstić information content (AvgIpc) is 3.12. The summed E-state index contributed by atoms with van der Waals surface area (Å²) in [7, 11) is -2.09. The van der Waals surface area contributed by atoms with E-state index >= 15 is 0 Å². The fraction of sp³-hybridized carbons (Fsp3) is 0.680. The van der Waals surface area contributed by atoms with Gasteiger partial charge in [-0.2, -0.15) is 4.31 Å². The molecule has 8 nitrogen and oxygen atoms in total. The van der Waals surface area contributed by atoms with Crippen molar-refractivity contribution in [2.24, 2.45) is 11.8 Å². The van der Waals surface area contributed by atoms with E-state index in [0.29, 0.717) is 25.0 Å². The quantitative estimate of drug-likeness (QED) is 0.601. The topological polar surface area (TPSA) is 96.0 Å². The number of likely N-dealkylation sites (tertiary alicyclic amines) is 1. The van der Waals surface area contributed by atoms with Crippen molar-refractivity contribution in [3.05, 3.63) is 24.3 Å². The van der Waals surface area contributed by atoms with Gasteiger partial charge in [0.2, 0.25) is 21.8 Å². The van der Waals surface area contributed by atoms with Crippen LogP contribution in [-0.2, 0) is 19.6 Å². The standard InChI is InChI=1S/C25H39N3O5S/c1-19(2)18-23(25(30)27-14-6-4-5-7-15-27)26-24(29)20-12-16-28(17-13-20)34(31,32)22-10-8-21(33-3)9-11-22/h8-11,19-20,23H,4-7,12-18H2,1-3H3,(H,26,29)/t23-/m0/s1. The zero-order chi connectivity index (χ0) is 24.7. The Labute approximate surface area is 204 Å². The third-order valence-electron chi connectivity index (χ3n) is 6.76. The molecule has 9 heteroatoms. The van der Waals surface area contributed by atoms with Crippen molar-refractivity contribution in [2.45, 2.75) is 69.7 Å².